The zero-order chi connectivity index (χ0) is 17.2. The number of ether oxygens (including phenoxy) is 2. The van der Waals surface area contributed by atoms with Crippen LogP contribution in [0.1, 0.15) is 11.5 Å². The molecule has 4 rings (SSSR count). The van der Waals surface area contributed by atoms with Gasteiger partial charge in [-0.2, -0.15) is 0 Å². The molecule has 2 heterocycles. The van der Waals surface area contributed by atoms with Gasteiger partial charge in [0.05, 0.1) is 5.92 Å². The van der Waals surface area contributed by atoms with Crippen LogP contribution in [0, 0.1) is 5.92 Å². The van der Waals surface area contributed by atoms with Crippen molar-refractivity contribution >= 4 is 11.6 Å². The van der Waals surface area contributed by atoms with Crippen LogP contribution in [0.4, 0.5) is 5.69 Å². The maximum absolute atomic E-state index is 12.9. The van der Waals surface area contributed by atoms with Gasteiger partial charge in [0.2, 0.25) is 5.91 Å². The van der Waals surface area contributed by atoms with Gasteiger partial charge in [0.15, 0.2) is 11.5 Å². The van der Waals surface area contributed by atoms with E-state index in [1.54, 1.807) is 0 Å². The summed E-state index contributed by atoms with van der Waals surface area (Å²) in [4.78, 5) is 15.1. The van der Waals surface area contributed by atoms with E-state index in [0.29, 0.717) is 19.0 Å². The van der Waals surface area contributed by atoms with E-state index in [1.165, 1.54) is 5.56 Å². The van der Waals surface area contributed by atoms with Crippen LogP contribution in [0.5, 0.6) is 11.5 Å². The molecule has 1 saturated heterocycles. The zero-order valence-electron chi connectivity index (χ0n) is 14.3. The average molecular weight is 338 g/mol. The zero-order valence-corrected chi connectivity index (χ0v) is 14.3. The van der Waals surface area contributed by atoms with E-state index in [0.717, 1.165) is 24.5 Å². The van der Waals surface area contributed by atoms with Crippen LogP contribution < -0.4 is 14.8 Å². The highest BCUT2D eigenvalue weighted by Crippen LogP contribution is 2.35. The standard InChI is InChI=1S/C20H22N2O3/c1-22-12-16(14-5-3-2-4-6-14)17(13-22)20(23)21-15-7-8-18-19(11-15)25-10-9-24-18/h2-8,11,16-17H,9-10,12-13H2,1H3,(H,21,23)/t16-,17-/m1/s1. The van der Waals surface area contributed by atoms with Crippen molar-refractivity contribution in [2.45, 2.75) is 5.92 Å². The Morgan fingerprint density at radius 3 is 2.60 bits per heavy atom. The largest absolute Gasteiger partial charge is 0.486 e. The summed E-state index contributed by atoms with van der Waals surface area (Å²) in [7, 11) is 2.06. The summed E-state index contributed by atoms with van der Waals surface area (Å²) in [6, 6.07) is 15.8. The molecule has 5 heteroatoms. The van der Waals surface area contributed by atoms with Crippen molar-refractivity contribution in [3.63, 3.8) is 0 Å². The smallest absolute Gasteiger partial charge is 0.229 e. The van der Waals surface area contributed by atoms with E-state index in [1.807, 2.05) is 36.4 Å². The second-order valence-electron chi connectivity index (χ2n) is 6.69. The van der Waals surface area contributed by atoms with Crippen molar-refractivity contribution in [1.82, 2.24) is 4.90 Å². The number of nitrogens with one attached hydrogen (secondary N) is 1. The Bertz CT molecular complexity index is 763. The van der Waals surface area contributed by atoms with Crippen LogP contribution >= 0.6 is 0 Å². The third-order valence-corrected chi connectivity index (χ3v) is 4.88. The van der Waals surface area contributed by atoms with Gasteiger partial charge in [0.25, 0.3) is 0 Å². The predicted molar refractivity (Wildman–Crippen MR) is 96.2 cm³/mol. The third kappa shape index (κ3) is 3.33. The molecule has 0 aromatic heterocycles. The minimum absolute atomic E-state index is 0.0508. The molecule has 130 valence electrons. The maximum atomic E-state index is 12.9. The van der Waals surface area contributed by atoms with E-state index in [9.17, 15) is 4.79 Å². The Kier molecular flexibility index (Phi) is 4.32. The number of rotatable bonds is 3. The normalized spacial score (nSPS) is 22.6. The fraction of sp³-hybridized carbons (Fsp3) is 0.350. The summed E-state index contributed by atoms with van der Waals surface area (Å²) in [6.07, 6.45) is 0. The van der Waals surface area contributed by atoms with Crippen molar-refractivity contribution in [3.8, 4) is 11.5 Å². The SMILES string of the molecule is CN1C[C@H](c2ccccc2)[C@H](C(=O)Nc2ccc3c(c2)OCCO3)C1. The number of anilines is 1. The van der Waals surface area contributed by atoms with Gasteiger partial charge in [-0.3, -0.25) is 4.79 Å². The lowest BCUT2D eigenvalue weighted by molar-refractivity contribution is -0.119. The molecule has 0 unspecified atom stereocenters. The Labute approximate surface area is 147 Å². The minimum Gasteiger partial charge on any atom is -0.486 e. The summed E-state index contributed by atoms with van der Waals surface area (Å²) < 4.78 is 11.1. The van der Waals surface area contributed by atoms with Crippen molar-refractivity contribution in [2.75, 3.05) is 38.7 Å². The molecule has 2 aliphatic heterocycles. The first-order chi connectivity index (χ1) is 12.2. The number of hydrogen-bond acceptors (Lipinski definition) is 4. The monoisotopic (exact) mass is 338 g/mol. The molecule has 5 nitrogen and oxygen atoms in total. The number of amides is 1. The molecule has 1 fully saturated rings. The number of benzene rings is 2. The Morgan fingerprint density at radius 2 is 1.80 bits per heavy atom. The van der Waals surface area contributed by atoms with Crippen LogP contribution in [0.15, 0.2) is 48.5 Å². The van der Waals surface area contributed by atoms with Crippen molar-refractivity contribution in [1.29, 1.82) is 0 Å². The second kappa shape index (κ2) is 6.76. The fourth-order valence-corrected chi connectivity index (χ4v) is 3.66. The molecule has 0 spiro atoms. The van der Waals surface area contributed by atoms with Crippen LogP contribution in [0.3, 0.4) is 0 Å². The highest BCUT2D eigenvalue weighted by Gasteiger charge is 2.37. The molecule has 0 radical (unpaired) electrons. The molecule has 2 aromatic carbocycles. The number of likely N-dealkylation sites (N-methyl/N-ethyl adjacent to an activating group) is 1. The van der Waals surface area contributed by atoms with E-state index >= 15 is 0 Å². The van der Waals surface area contributed by atoms with E-state index in [4.69, 9.17) is 9.47 Å². The highest BCUT2D eigenvalue weighted by molar-refractivity contribution is 5.94. The molecular weight excluding hydrogens is 316 g/mol. The molecule has 0 aliphatic carbocycles. The van der Waals surface area contributed by atoms with Gasteiger partial charge in [-0.15, -0.1) is 0 Å². The van der Waals surface area contributed by atoms with Gasteiger partial charge in [-0.05, 0) is 24.7 Å². The highest BCUT2D eigenvalue weighted by atomic mass is 16.6. The van der Waals surface area contributed by atoms with Crippen LogP contribution in [-0.2, 0) is 4.79 Å². The minimum atomic E-state index is -0.0689. The predicted octanol–water partition coefficient (Wildman–Crippen LogP) is 2.74. The summed E-state index contributed by atoms with van der Waals surface area (Å²) in [5, 5.41) is 3.05. The number of hydrogen-bond donors (Lipinski definition) is 1. The number of carbonyl (C=O) groups excluding carboxylic acids is 1. The topological polar surface area (TPSA) is 50.8 Å². The third-order valence-electron chi connectivity index (χ3n) is 4.88. The molecule has 0 saturated carbocycles. The van der Waals surface area contributed by atoms with Crippen LogP contribution in [0.25, 0.3) is 0 Å². The molecule has 25 heavy (non-hydrogen) atoms. The van der Waals surface area contributed by atoms with Crippen LogP contribution in [0.2, 0.25) is 0 Å². The van der Waals surface area contributed by atoms with Crippen molar-refractivity contribution in [3.05, 3.63) is 54.1 Å². The van der Waals surface area contributed by atoms with Crippen molar-refractivity contribution < 1.29 is 14.3 Å². The Hall–Kier alpha value is -2.53. The summed E-state index contributed by atoms with van der Waals surface area (Å²) in [5.74, 6) is 1.61. The number of nitrogens with zero attached hydrogens (tertiary/aromatic N) is 1. The quantitative estimate of drug-likeness (QED) is 0.935. The molecular formula is C20H22N2O3. The first-order valence-electron chi connectivity index (χ1n) is 8.65. The lowest BCUT2D eigenvalue weighted by Gasteiger charge is -2.21. The second-order valence-corrected chi connectivity index (χ2v) is 6.69. The molecule has 0 bridgehead atoms. The molecule has 1 N–H and O–H groups in total. The summed E-state index contributed by atoms with van der Waals surface area (Å²) in [5.41, 5.74) is 1.96. The van der Waals surface area contributed by atoms with E-state index in [-0.39, 0.29) is 17.7 Å². The molecule has 2 aromatic rings. The number of carbonyl (C=O) groups is 1. The van der Waals surface area contributed by atoms with E-state index < -0.39 is 0 Å². The van der Waals surface area contributed by atoms with Gasteiger partial charge < -0.3 is 19.7 Å². The van der Waals surface area contributed by atoms with Gasteiger partial charge in [0, 0.05) is 30.8 Å². The van der Waals surface area contributed by atoms with Gasteiger partial charge >= 0.3 is 0 Å². The summed E-state index contributed by atoms with van der Waals surface area (Å²) >= 11 is 0. The van der Waals surface area contributed by atoms with Gasteiger partial charge in [-0.25, -0.2) is 0 Å². The first kappa shape index (κ1) is 16.0. The molecule has 2 atom stereocenters. The van der Waals surface area contributed by atoms with E-state index in [2.05, 4.69) is 29.4 Å². The first-order valence-corrected chi connectivity index (χ1v) is 8.65. The lowest BCUT2D eigenvalue weighted by atomic mass is 9.88. The summed E-state index contributed by atoms with van der Waals surface area (Å²) in [6.45, 7) is 2.75. The number of fused-ring (bicyclic) bond motifs is 1. The molecule has 1 amide bonds. The number of likely N-dealkylation sites (tertiary alicyclic amines) is 1. The Morgan fingerprint density at radius 1 is 1.04 bits per heavy atom. The van der Waals surface area contributed by atoms with Gasteiger partial charge in [0.1, 0.15) is 13.2 Å². The average Bonchev–Trinajstić information content (AvgIpc) is 3.04. The van der Waals surface area contributed by atoms with Crippen molar-refractivity contribution in [2.24, 2.45) is 5.92 Å². The lowest BCUT2D eigenvalue weighted by Crippen LogP contribution is -2.28. The Balaban J connectivity index is 1.51. The van der Waals surface area contributed by atoms with Gasteiger partial charge in [-0.1, -0.05) is 30.3 Å². The maximum Gasteiger partial charge on any atom is 0.229 e. The molecule has 2 aliphatic rings. The fourth-order valence-electron chi connectivity index (χ4n) is 3.66. The van der Waals surface area contributed by atoms with Crippen LogP contribution in [-0.4, -0.2) is 44.2 Å².